The fourth-order valence-electron chi connectivity index (χ4n) is 2.11. The number of hydrogen-bond acceptors (Lipinski definition) is 3. The van der Waals surface area contributed by atoms with E-state index in [-0.39, 0.29) is 18.4 Å². The van der Waals surface area contributed by atoms with E-state index in [0.29, 0.717) is 10.9 Å². The number of hydrogen-bond donors (Lipinski definition) is 0. The van der Waals surface area contributed by atoms with E-state index in [0.717, 1.165) is 11.1 Å². The lowest BCUT2D eigenvalue weighted by atomic mass is 10.0. The third-order valence-electron chi connectivity index (χ3n) is 3.12. The Balaban J connectivity index is 1.95. The van der Waals surface area contributed by atoms with Crippen molar-refractivity contribution in [2.75, 3.05) is 0 Å². The maximum Gasteiger partial charge on any atom is 0.315 e. The Labute approximate surface area is 121 Å². The zero-order valence-electron chi connectivity index (χ0n) is 10.6. The van der Waals surface area contributed by atoms with Crippen molar-refractivity contribution in [3.63, 3.8) is 0 Å². The fraction of sp³-hybridized carbons (Fsp3) is 0.125. The summed E-state index contributed by atoms with van der Waals surface area (Å²) in [5.41, 5.74) is 1.76. The molecule has 0 N–H and O–H groups in total. The highest BCUT2D eigenvalue weighted by Crippen LogP contribution is 2.27. The molecule has 0 spiro atoms. The van der Waals surface area contributed by atoms with Crippen molar-refractivity contribution in [2.45, 2.75) is 12.5 Å². The van der Waals surface area contributed by atoms with Crippen molar-refractivity contribution in [3.8, 4) is 0 Å². The van der Waals surface area contributed by atoms with Crippen LogP contribution >= 0.6 is 11.6 Å². The number of esters is 1. The Morgan fingerprint density at radius 3 is 2.45 bits per heavy atom. The van der Waals surface area contributed by atoms with Crippen LogP contribution in [0.15, 0.2) is 59.6 Å². The molecule has 3 rings (SSSR count). The Hall–Kier alpha value is -2.13. The Bertz CT molecular complexity index is 650. The molecule has 3 nitrogen and oxygen atoms in total. The van der Waals surface area contributed by atoms with Gasteiger partial charge in [0.25, 0.3) is 0 Å². The molecule has 2 aromatic rings. The molecule has 0 radical (unpaired) electrons. The van der Waals surface area contributed by atoms with E-state index in [1.165, 1.54) is 0 Å². The van der Waals surface area contributed by atoms with Crippen LogP contribution in [-0.2, 0) is 9.53 Å². The van der Waals surface area contributed by atoms with Crippen molar-refractivity contribution in [1.29, 1.82) is 0 Å². The molecule has 100 valence electrons. The van der Waals surface area contributed by atoms with Gasteiger partial charge in [0.2, 0.25) is 5.90 Å². The topological polar surface area (TPSA) is 38.7 Å². The van der Waals surface area contributed by atoms with Gasteiger partial charge in [0.15, 0.2) is 0 Å². The van der Waals surface area contributed by atoms with E-state index in [1.54, 1.807) is 12.1 Å². The molecule has 20 heavy (non-hydrogen) atoms. The first-order valence-electron chi connectivity index (χ1n) is 6.32. The average Bonchev–Trinajstić information content (AvgIpc) is 2.48. The molecule has 1 atom stereocenters. The summed E-state index contributed by atoms with van der Waals surface area (Å²) >= 11 is 5.88. The summed E-state index contributed by atoms with van der Waals surface area (Å²) in [5, 5.41) is 0.666. The van der Waals surface area contributed by atoms with Gasteiger partial charge < -0.3 is 4.74 Å². The molecule has 0 aromatic heterocycles. The summed E-state index contributed by atoms with van der Waals surface area (Å²) in [6.07, 6.45) is 0.248. The number of ether oxygens (including phenoxy) is 1. The fourth-order valence-corrected chi connectivity index (χ4v) is 2.24. The minimum absolute atomic E-state index is 0.219. The highest BCUT2D eigenvalue weighted by molar-refractivity contribution is 6.30. The second-order valence-electron chi connectivity index (χ2n) is 4.55. The Morgan fingerprint density at radius 2 is 1.75 bits per heavy atom. The lowest BCUT2D eigenvalue weighted by Gasteiger charge is -2.20. The molecule has 0 amide bonds. The number of benzene rings is 2. The van der Waals surface area contributed by atoms with Crippen LogP contribution in [0, 0.1) is 0 Å². The molecule has 1 aliphatic heterocycles. The second-order valence-corrected chi connectivity index (χ2v) is 4.98. The summed E-state index contributed by atoms with van der Waals surface area (Å²) in [5.74, 6) is 0.112. The Morgan fingerprint density at radius 1 is 1.05 bits per heavy atom. The highest BCUT2D eigenvalue weighted by Gasteiger charge is 2.25. The number of carbonyl (C=O) groups is 1. The smallest absolute Gasteiger partial charge is 0.315 e. The largest absolute Gasteiger partial charge is 0.407 e. The molecule has 1 heterocycles. The second kappa shape index (κ2) is 5.47. The molecule has 0 aliphatic carbocycles. The van der Waals surface area contributed by atoms with Gasteiger partial charge in [-0.3, -0.25) is 4.79 Å². The highest BCUT2D eigenvalue weighted by atomic mass is 35.5. The summed E-state index contributed by atoms with van der Waals surface area (Å²) in [7, 11) is 0. The van der Waals surface area contributed by atoms with Crippen LogP contribution in [0.3, 0.4) is 0 Å². The van der Waals surface area contributed by atoms with Crippen LogP contribution in [0.1, 0.15) is 23.6 Å². The Kier molecular flexibility index (Phi) is 3.52. The van der Waals surface area contributed by atoms with E-state index in [1.807, 2.05) is 42.5 Å². The summed E-state index contributed by atoms with van der Waals surface area (Å²) in [4.78, 5) is 16.3. The van der Waals surface area contributed by atoms with Crippen LogP contribution < -0.4 is 0 Å². The van der Waals surface area contributed by atoms with Crippen LogP contribution in [0.4, 0.5) is 0 Å². The van der Waals surface area contributed by atoms with E-state index < -0.39 is 0 Å². The minimum Gasteiger partial charge on any atom is -0.407 e. The molecule has 0 fully saturated rings. The van der Waals surface area contributed by atoms with Gasteiger partial charge in [-0.1, -0.05) is 41.9 Å². The van der Waals surface area contributed by atoms with Gasteiger partial charge in [-0.2, -0.15) is 0 Å². The van der Waals surface area contributed by atoms with Gasteiger partial charge >= 0.3 is 5.97 Å². The van der Waals surface area contributed by atoms with Crippen LogP contribution in [0.2, 0.25) is 5.02 Å². The van der Waals surface area contributed by atoms with E-state index >= 15 is 0 Å². The van der Waals surface area contributed by atoms with E-state index in [9.17, 15) is 4.79 Å². The minimum atomic E-state index is -0.265. The monoisotopic (exact) mass is 285 g/mol. The molecule has 0 saturated carbocycles. The van der Waals surface area contributed by atoms with Crippen LogP contribution in [-0.4, -0.2) is 11.9 Å². The SMILES string of the molecule is O=C1CC(c2ccc(Cl)cc2)N=C(c2ccccc2)O1. The molecule has 4 heteroatoms. The first-order valence-corrected chi connectivity index (χ1v) is 6.69. The molecule has 1 unspecified atom stereocenters. The molecule has 2 aromatic carbocycles. The maximum atomic E-state index is 11.8. The zero-order valence-corrected chi connectivity index (χ0v) is 11.4. The zero-order chi connectivity index (χ0) is 13.9. The van der Waals surface area contributed by atoms with Gasteiger partial charge in [0.1, 0.15) is 0 Å². The summed E-state index contributed by atoms with van der Waals surface area (Å²) in [6, 6.07) is 16.6. The molecule has 0 bridgehead atoms. The van der Waals surface area contributed by atoms with Gasteiger partial charge in [-0.25, -0.2) is 4.99 Å². The normalized spacial score (nSPS) is 18.4. The van der Waals surface area contributed by atoms with Crippen molar-refractivity contribution in [3.05, 3.63) is 70.7 Å². The van der Waals surface area contributed by atoms with E-state index in [2.05, 4.69) is 4.99 Å². The van der Waals surface area contributed by atoms with Gasteiger partial charge in [-0.05, 0) is 29.8 Å². The number of halogens is 1. The molecule has 1 aliphatic rings. The van der Waals surface area contributed by atoms with Crippen molar-refractivity contribution in [1.82, 2.24) is 0 Å². The standard InChI is InChI=1S/C16H12ClNO2/c17-13-8-6-11(7-9-13)14-10-15(19)20-16(18-14)12-4-2-1-3-5-12/h1-9,14H,10H2. The van der Waals surface area contributed by atoms with Crippen LogP contribution in [0.25, 0.3) is 0 Å². The number of cyclic esters (lactones) is 1. The first kappa shape index (κ1) is 12.9. The number of carbonyl (C=O) groups excluding carboxylic acids is 1. The van der Waals surface area contributed by atoms with Crippen LogP contribution in [0.5, 0.6) is 0 Å². The van der Waals surface area contributed by atoms with Gasteiger partial charge in [-0.15, -0.1) is 0 Å². The van der Waals surface area contributed by atoms with Crippen molar-refractivity contribution in [2.24, 2.45) is 4.99 Å². The number of nitrogens with zero attached hydrogens (tertiary/aromatic N) is 1. The molecular weight excluding hydrogens is 274 g/mol. The molecule has 0 saturated heterocycles. The van der Waals surface area contributed by atoms with Gasteiger partial charge in [0, 0.05) is 10.6 Å². The number of rotatable bonds is 2. The van der Waals surface area contributed by atoms with Crippen molar-refractivity contribution >= 4 is 23.5 Å². The third kappa shape index (κ3) is 2.73. The van der Waals surface area contributed by atoms with Crippen molar-refractivity contribution < 1.29 is 9.53 Å². The predicted octanol–water partition coefficient (Wildman–Crippen LogP) is 3.77. The predicted molar refractivity (Wildman–Crippen MR) is 77.9 cm³/mol. The maximum absolute atomic E-state index is 11.8. The number of aliphatic imine (C=N–C) groups is 1. The average molecular weight is 286 g/mol. The summed E-state index contributed by atoms with van der Waals surface area (Å²) < 4.78 is 5.23. The summed E-state index contributed by atoms with van der Waals surface area (Å²) in [6.45, 7) is 0. The third-order valence-corrected chi connectivity index (χ3v) is 3.37. The van der Waals surface area contributed by atoms with E-state index in [4.69, 9.17) is 16.3 Å². The lowest BCUT2D eigenvalue weighted by Crippen LogP contribution is -2.22. The quantitative estimate of drug-likeness (QED) is 0.788. The van der Waals surface area contributed by atoms with Gasteiger partial charge in [0.05, 0.1) is 12.5 Å². The molecular formula is C16H12ClNO2. The first-order chi connectivity index (χ1) is 9.72. The lowest BCUT2D eigenvalue weighted by molar-refractivity contribution is -0.136.